The smallest absolute Gasteiger partial charge is 0.0800 e. The molecule has 0 spiro atoms. The van der Waals surface area contributed by atoms with E-state index in [0.717, 1.165) is 31.6 Å². The summed E-state index contributed by atoms with van der Waals surface area (Å²) in [6.45, 7) is 0.709. The van der Waals surface area contributed by atoms with Crippen LogP contribution in [0, 0.1) is 0 Å². The normalized spacial score (nSPS) is 11.1. The van der Waals surface area contributed by atoms with Gasteiger partial charge in [-0.05, 0) is 46.3 Å². The number of nitrogens with zero attached hydrogens (tertiary/aromatic N) is 2. The van der Waals surface area contributed by atoms with Gasteiger partial charge in [-0.3, -0.25) is 10.2 Å². The Bertz CT molecular complexity index is 923. The minimum absolute atomic E-state index is 0.709. The molecular formula is C15H12BrN5S. The van der Waals surface area contributed by atoms with Crippen LogP contribution in [0.3, 0.4) is 0 Å². The van der Waals surface area contributed by atoms with Crippen molar-refractivity contribution in [3.8, 4) is 10.6 Å². The number of rotatable bonds is 4. The maximum Gasteiger partial charge on any atom is 0.0800 e. The fourth-order valence-corrected chi connectivity index (χ4v) is 3.77. The molecule has 0 aliphatic rings. The van der Waals surface area contributed by atoms with Crippen molar-refractivity contribution in [2.24, 2.45) is 0 Å². The molecule has 110 valence electrons. The number of hydrogen-bond acceptors (Lipinski definition) is 4. The number of halogens is 1. The lowest BCUT2D eigenvalue weighted by atomic mass is 10.2. The lowest BCUT2D eigenvalue weighted by Crippen LogP contribution is -1.99. The summed E-state index contributed by atoms with van der Waals surface area (Å²) < 4.78 is 1.11. The third-order valence-electron chi connectivity index (χ3n) is 3.46. The Morgan fingerprint density at radius 2 is 2.00 bits per heavy atom. The average molecular weight is 374 g/mol. The molecule has 22 heavy (non-hydrogen) atoms. The molecule has 0 bridgehead atoms. The molecule has 4 aromatic rings. The Morgan fingerprint density at radius 3 is 2.86 bits per heavy atom. The lowest BCUT2D eigenvalue weighted by molar-refractivity contribution is 1.10. The van der Waals surface area contributed by atoms with Crippen molar-refractivity contribution in [2.75, 3.05) is 5.32 Å². The zero-order chi connectivity index (χ0) is 14.9. The minimum Gasteiger partial charge on any atom is -0.381 e. The van der Waals surface area contributed by atoms with Crippen LogP contribution in [-0.4, -0.2) is 20.4 Å². The van der Waals surface area contributed by atoms with E-state index in [1.807, 2.05) is 24.5 Å². The highest BCUT2D eigenvalue weighted by atomic mass is 79.9. The van der Waals surface area contributed by atoms with Gasteiger partial charge in [0.1, 0.15) is 0 Å². The fourth-order valence-electron chi connectivity index (χ4n) is 2.35. The van der Waals surface area contributed by atoms with E-state index in [1.165, 1.54) is 4.88 Å². The van der Waals surface area contributed by atoms with Gasteiger partial charge in [-0.25, -0.2) is 0 Å². The molecule has 0 radical (unpaired) electrons. The first-order valence-corrected chi connectivity index (χ1v) is 8.35. The Morgan fingerprint density at radius 1 is 1.09 bits per heavy atom. The largest absolute Gasteiger partial charge is 0.381 e. The predicted octanol–water partition coefficient (Wildman–Crippen LogP) is 4.39. The summed E-state index contributed by atoms with van der Waals surface area (Å²) >= 11 is 5.19. The van der Waals surface area contributed by atoms with Crippen LogP contribution in [0.1, 0.15) is 5.56 Å². The van der Waals surface area contributed by atoms with Gasteiger partial charge in [0.2, 0.25) is 0 Å². The van der Waals surface area contributed by atoms with Crippen LogP contribution in [0.15, 0.2) is 46.5 Å². The first-order chi connectivity index (χ1) is 10.8. The Kier molecular flexibility index (Phi) is 3.44. The average Bonchev–Trinajstić information content (AvgIpc) is 3.24. The molecule has 0 unspecified atom stereocenters. The first-order valence-electron chi connectivity index (χ1n) is 6.74. The number of aromatic nitrogens is 4. The monoisotopic (exact) mass is 373 g/mol. The molecule has 3 heterocycles. The second-order valence-electron chi connectivity index (χ2n) is 4.90. The van der Waals surface area contributed by atoms with E-state index in [9.17, 15) is 0 Å². The second-order valence-corrected chi connectivity index (χ2v) is 7.36. The summed E-state index contributed by atoms with van der Waals surface area (Å²) in [5.41, 5.74) is 4.28. The van der Waals surface area contributed by atoms with Crippen molar-refractivity contribution >= 4 is 43.9 Å². The summed E-state index contributed by atoms with van der Waals surface area (Å²) in [6, 6.07) is 10.3. The Balaban J connectivity index is 1.55. The predicted molar refractivity (Wildman–Crippen MR) is 93.0 cm³/mol. The summed E-state index contributed by atoms with van der Waals surface area (Å²) in [7, 11) is 0. The van der Waals surface area contributed by atoms with Gasteiger partial charge in [-0.2, -0.15) is 10.2 Å². The van der Waals surface area contributed by atoms with E-state index in [2.05, 4.69) is 59.8 Å². The van der Waals surface area contributed by atoms with Gasteiger partial charge >= 0.3 is 0 Å². The van der Waals surface area contributed by atoms with Gasteiger partial charge in [0.15, 0.2) is 0 Å². The van der Waals surface area contributed by atoms with E-state index < -0.39 is 0 Å². The van der Waals surface area contributed by atoms with Crippen LogP contribution in [0.4, 0.5) is 5.69 Å². The number of thiophene rings is 1. The van der Waals surface area contributed by atoms with E-state index in [-0.39, 0.29) is 0 Å². The molecule has 0 saturated heterocycles. The van der Waals surface area contributed by atoms with Crippen molar-refractivity contribution in [3.05, 3.63) is 52.1 Å². The zero-order valence-electron chi connectivity index (χ0n) is 11.4. The molecule has 0 amide bonds. The molecule has 4 rings (SSSR count). The number of anilines is 1. The van der Waals surface area contributed by atoms with Gasteiger partial charge in [0.05, 0.1) is 32.3 Å². The van der Waals surface area contributed by atoms with Gasteiger partial charge in [-0.1, -0.05) is 0 Å². The molecule has 3 aromatic heterocycles. The number of nitrogens with one attached hydrogen (secondary N) is 3. The van der Waals surface area contributed by atoms with E-state index in [0.29, 0.717) is 6.54 Å². The molecular weight excluding hydrogens is 362 g/mol. The van der Waals surface area contributed by atoms with Crippen LogP contribution >= 0.6 is 27.3 Å². The number of benzene rings is 1. The number of hydrogen-bond donors (Lipinski definition) is 3. The molecule has 7 heteroatoms. The first kappa shape index (κ1) is 13.5. The number of aromatic amines is 2. The van der Waals surface area contributed by atoms with Gasteiger partial charge in [0, 0.05) is 23.2 Å². The molecule has 0 atom stereocenters. The number of H-pyrrole nitrogens is 2. The standard InChI is InChI=1S/C15H12BrN5S/c16-14-4-3-13(22-14)15-10(8-19-21-15)6-17-11-2-1-9-7-18-20-12(9)5-11/h1-5,7-8,17H,6H2,(H,18,20)(H,19,21). The van der Waals surface area contributed by atoms with Crippen molar-refractivity contribution in [3.63, 3.8) is 0 Å². The van der Waals surface area contributed by atoms with Gasteiger partial charge < -0.3 is 5.32 Å². The summed E-state index contributed by atoms with van der Waals surface area (Å²) in [6.07, 6.45) is 3.69. The summed E-state index contributed by atoms with van der Waals surface area (Å²) in [4.78, 5) is 1.17. The van der Waals surface area contributed by atoms with Gasteiger partial charge in [0.25, 0.3) is 0 Å². The van der Waals surface area contributed by atoms with Crippen molar-refractivity contribution in [2.45, 2.75) is 6.54 Å². The quantitative estimate of drug-likeness (QED) is 0.496. The van der Waals surface area contributed by atoms with Crippen molar-refractivity contribution in [1.29, 1.82) is 0 Å². The fraction of sp³-hybridized carbons (Fsp3) is 0.0667. The Labute approximate surface area is 138 Å². The molecule has 5 nitrogen and oxygen atoms in total. The lowest BCUT2D eigenvalue weighted by Gasteiger charge is -2.06. The molecule has 0 aliphatic carbocycles. The second kappa shape index (κ2) is 5.58. The van der Waals surface area contributed by atoms with E-state index >= 15 is 0 Å². The maximum atomic E-state index is 4.17. The van der Waals surface area contributed by atoms with Crippen molar-refractivity contribution < 1.29 is 0 Å². The molecule has 0 saturated carbocycles. The maximum absolute atomic E-state index is 4.17. The minimum atomic E-state index is 0.709. The highest BCUT2D eigenvalue weighted by Crippen LogP contribution is 2.32. The van der Waals surface area contributed by atoms with E-state index in [1.54, 1.807) is 11.3 Å². The van der Waals surface area contributed by atoms with Crippen LogP contribution in [0.2, 0.25) is 0 Å². The number of fused-ring (bicyclic) bond motifs is 1. The zero-order valence-corrected chi connectivity index (χ0v) is 13.8. The van der Waals surface area contributed by atoms with Crippen molar-refractivity contribution in [1.82, 2.24) is 20.4 Å². The third-order valence-corrected chi connectivity index (χ3v) is 5.10. The van der Waals surface area contributed by atoms with Crippen LogP contribution < -0.4 is 5.32 Å². The van der Waals surface area contributed by atoms with Crippen LogP contribution in [0.5, 0.6) is 0 Å². The molecule has 1 aromatic carbocycles. The highest BCUT2D eigenvalue weighted by molar-refractivity contribution is 9.11. The third kappa shape index (κ3) is 2.53. The van der Waals surface area contributed by atoms with Crippen LogP contribution in [0.25, 0.3) is 21.5 Å². The summed E-state index contributed by atoms with van der Waals surface area (Å²) in [5.74, 6) is 0. The topological polar surface area (TPSA) is 69.4 Å². The molecule has 0 aliphatic heterocycles. The molecule has 0 fully saturated rings. The van der Waals surface area contributed by atoms with Gasteiger partial charge in [-0.15, -0.1) is 11.3 Å². The summed E-state index contributed by atoms with van der Waals surface area (Å²) in [5, 5.41) is 18.8. The Hall–Kier alpha value is -2.12. The molecule has 3 N–H and O–H groups in total. The van der Waals surface area contributed by atoms with E-state index in [4.69, 9.17) is 0 Å². The van der Waals surface area contributed by atoms with Crippen LogP contribution in [-0.2, 0) is 6.54 Å². The highest BCUT2D eigenvalue weighted by Gasteiger charge is 2.10. The SMILES string of the molecule is Brc1ccc(-c2[nH]ncc2CNc2ccc3cn[nH]c3c2)s1.